The molecule has 0 bridgehead atoms. The summed E-state index contributed by atoms with van der Waals surface area (Å²) >= 11 is 0. The van der Waals surface area contributed by atoms with Gasteiger partial charge in [0, 0.05) is 0 Å². The zero-order chi connectivity index (χ0) is 2.71. The second-order valence-corrected chi connectivity index (χ2v) is 0.105. The van der Waals surface area contributed by atoms with E-state index in [1.54, 1.807) is 0 Å². The fourth-order valence-corrected chi connectivity index (χ4v) is 0. The van der Waals surface area contributed by atoms with Crippen LogP contribution in [0.4, 0.5) is 0 Å². The SMILES string of the molecule is O=CO.[Na+]. The Balaban J connectivity index is 0. The molecular formula is CH2NaO2+. The van der Waals surface area contributed by atoms with Gasteiger partial charge in [-0.25, -0.2) is 0 Å². The molecule has 0 aliphatic carbocycles. The third-order valence-electron chi connectivity index (χ3n) is 0. The number of rotatable bonds is 0. The summed E-state index contributed by atoms with van der Waals surface area (Å²) in [6.07, 6.45) is 0. The first-order valence-corrected chi connectivity index (χ1v) is 0.494. The minimum atomic E-state index is -0.250. The van der Waals surface area contributed by atoms with E-state index in [1.807, 2.05) is 0 Å². The first-order chi connectivity index (χ1) is 1.41. The van der Waals surface area contributed by atoms with E-state index in [2.05, 4.69) is 0 Å². The molecule has 0 saturated carbocycles. The Morgan fingerprint density at radius 2 is 1.75 bits per heavy atom. The molecule has 0 rings (SSSR count). The van der Waals surface area contributed by atoms with E-state index in [0.29, 0.717) is 0 Å². The van der Waals surface area contributed by atoms with Crippen molar-refractivity contribution in [3.05, 3.63) is 0 Å². The van der Waals surface area contributed by atoms with E-state index in [9.17, 15) is 0 Å². The monoisotopic (exact) mass is 69.0 g/mol. The predicted octanol–water partition coefficient (Wildman–Crippen LogP) is -3.30. The van der Waals surface area contributed by atoms with E-state index in [4.69, 9.17) is 9.90 Å². The molecule has 0 radical (unpaired) electrons. The Bertz CT molecular complexity index is 13.5. The van der Waals surface area contributed by atoms with E-state index in [1.165, 1.54) is 0 Å². The smallest absolute Gasteiger partial charge is 0.483 e. The van der Waals surface area contributed by atoms with Crippen LogP contribution in [0.25, 0.3) is 0 Å². The van der Waals surface area contributed by atoms with E-state index < -0.39 is 0 Å². The molecule has 0 fully saturated rings. The van der Waals surface area contributed by atoms with E-state index in [0.717, 1.165) is 0 Å². The van der Waals surface area contributed by atoms with Crippen molar-refractivity contribution >= 4 is 6.47 Å². The van der Waals surface area contributed by atoms with E-state index in [-0.39, 0.29) is 36.0 Å². The molecule has 0 aromatic carbocycles. The van der Waals surface area contributed by atoms with Crippen molar-refractivity contribution in [1.29, 1.82) is 0 Å². The number of carbonyl (C=O) groups is 1. The van der Waals surface area contributed by atoms with Crippen molar-refractivity contribution in [3.63, 3.8) is 0 Å². The molecule has 0 aliphatic rings. The van der Waals surface area contributed by atoms with Crippen LogP contribution in [0.5, 0.6) is 0 Å². The summed E-state index contributed by atoms with van der Waals surface area (Å²) < 4.78 is 0. The molecule has 0 atom stereocenters. The van der Waals surface area contributed by atoms with Crippen LogP contribution in [0.3, 0.4) is 0 Å². The molecule has 0 aromatic heterocycles. The van der Waals surface area contributed by atoms with Gasteiger partial charge < -0.3 is 5.11 Å². The molecular weight excluding hydrogens is 67.0 g/mol. The number of hydrogen-bond acceptors (Lipinski definition) is 1. The average Bonchev–Trinajstić information content (AvgIpc) is 0.918. The van der Waals surface area contributed by atoms with Crippen LogP contribution in [-0.4, -0.2) is 11.6 Å². The molecule has 3 heteroatoms. The maximum Gasteiger partial charge on any atom is 1.00 e. The van der Waals surface area contributed by atoms with E-state index >= 15 is 0 Å². The minimum absolute atomic E-state index is 0. The van der Waals surface area contributed by atoms with Gasteiger partial charge in [0.2, 0.25) is 0 Å². The minimum Gasteiger partial charge on any atom is -0.483 e. The number of carboxylic acid groups (broad SMARTS) is 1. The van der Waals surface area contributed by atoms with Crippen molar-refractivity contribution in [1.82, 2.24) is 0 Å². The van der Waals surface area contributed by atoms with Gasteiger partial charge in [-0.1, -0.05) is 0 Å². The Hall–Kier alpha value is 0.470. The standard InChI is InChI=1S/CH2O2.Na/c2-1-3;/h1H,(H,2,3);/q;+1. The summed E-state index contributed by atoms with van der Waals surface area (Å²) in [4.78, 5) is 8.36. The van der Waals surface area contributed by atoms with Gasteiger partial charge in [0.1, 0.15) is 0 Å². The van der Waals surface area contributed by atoms with Gasteiger partial charge in [-0.2, -0.15) is 0 Å². The van der Waals surface area contributed by atoms with Crippen molar-refractivity contribution in [3.8, 4) is 0 Å². The molecule has 0 saturated heterocycles. The molecule has 0 aromatic rings. The van der Waals surface area contributed by atoms with Crippen molar-refractivity contribution in [2.75, 3.05) is 0 Å². The van der Waals surface area contributed by atoms with Crippen molar-refractivity contribution in [2.45, 2.75) is 0 Å². The van der Waals surface area contributed by atoms with Gasteiger partial charge in [-0.3, -0.25) is 4.79 Å². The fourth-order valence-electron chi connectivity index (χ4n) is 0. The van der Waals surface area contributed by atoms with Gasteiger partial charge in [-0.05, 0) is 0 Å². The summed E-state index contributed by atoms with van der Waals surface area (Å²) in [5.74, 6) is 0. The van der Waals surface area contributed by atoms with Crippen LogP contribution in [0.1, 0.15) is 0 Å². The summed E-state index contributed by atoms with van der Waals surface area (Å²) in [6, 6.07) is 0. The van der Waals surface area contributed by atoms with Crippen molar-refractivity contribution < 1.29 is 39.5 Å². The van der Waals surface area contributed by atoms with Crippen LogP contribution in [0, 0.1) is 0 Å². The van der Waals surface area contributed by atoms with Gasteiger partial charge in [0.15, 0.2) is 0 Å². The van der Waals surface area contributed by atoms with Crippen LogP contribution in [0.15, 0.2) is 0 Å². The Labute approximate surface area is 46.1 Å². The van der Waals surface area contributed by atoms with Gasteiger partial charge >= 0.3 is 29.6 Å². The Morgan fingerprint density at radius 3 is 1.75 bits per heavy atom. The second kappa shape index (κ2) is 9.80. The zero-order valence-electron chi connectivity index (χ0n) is 2.43. The average molecular weight is 69.0 g/mol. The van der Waals surface area contributed by atoms with Crippen molar-refractivity contribution in [2.24, 2.45) is 0 Å². The molecule has 2 nitrogen and oxygen atoms in total. The fraction of sp³-hybridized carbons (Fsp3) is 0. The first kappa shape index (κ1) is 8.82. The Kier molecular flexibility index (Phi) is 21.6. The van der Waals surface area contributed by atoms with Crippen LogP contribution in [0.2, 0.25) is 0 Å². The summed E-state index contributed by atoms with van der Waals surface area (Å²) in [6.45, 7) is -0.250. The van der Waals surface area contributed by atoms with Gasteiger partial charge in [0.25, 0.3) is 6.47 Å². The molecule has 0 amide bonds. The molecule has 4 heavy (non-hydrogen) atoms. The van der Waals surface area contributed by atoms with Crippen LogP contribution in [-0.2, 0) is 4.79 Å². The first-order valence-electron chi connectivity index (χ1n) is 0.494. The van der Waals surface area contributed by atoms with Crippen LogP contribution >= 0.6 is 0 Å². The topological polar surface area (TPSA) is 37.3 Å². The molecule has 0 spiro atoms. The van der Waals surface area contributed by atoms with Gasteiger partial charge in [-0.15, -0.1) is 0 Å². The largest absolute Gasteiger partial charge is 1.00 e. The molecule has 0 aliphatic heterocycles. The van der Waals surface area contributed by atoms with Gasteiger partial charge in [0.05, 0.1) is 0 Å². The molecule has 18 valence electrons. The maximum absolute atomic E-state index is 8.36. The summed E-state index contributed by atoms with van der Waals surface area (Å²) in [5, 5.41) is 6.89. The summed E-state index contributed by atoms with van der Waals surface area (Å²) in [7, 11) is 0. The third-order valence-corrected chi connectivity index (χ3v) is 0. The predicted molar refractivity (Wildman–Crippen MR) is 8.69 cm³/mol. The maximum atomic E-state index is 8.36. The normalized spacial score (nSPS) is 3.00. The molecule has 0 unspecified atom stereocenters. The number of hydrogen-bond donors (Lipinski definition) is 1. The molecule has 0 heterocycles. The van der Waals surface area contributed by atoms with Crippen LogP contribution < -0.4 is 29.6 Å². The summed E-state index contributed by atoms with van der Waals surface area (Å²) in [5.41, 5.74) is 0. The second-order valence-electron chi connectivity index (χ2n) is 0.105. The Morgan fingerprint density at radius 1 is 1.75 bits per heavy atom. The molecule has 1 N–H and O–H groups in total. The third kappa shape index (κ3) is 24.2. The zero-order valence-corrected chi connectivity index (χ0v) is 4.43. The quantitative estimate of drug-likeness (QED) is 0.239.